The first-order valence-corrected chi connectivity index (χ1v) is 16.2. The number of nitrogens with one attached hydrogen (secondary N) is 1. The van der Waals surface area contributed by atoms with Gasteiger partial charge in [0.15, 0.2) is 17.5 Å². The number of aromatic hydroxyl groups is 1. The van der Waals surface area contributed by atoms with Gasteiger partial charge in [0.1, 0.15) is 17.1 Å². The summed E-state index contributed by atoms with van der Waals surface area (Å²) in [6.07, 6.45) is 8.33. The van der Waals surface area contributed by atoms with E-state index in [9.17, 15) is 9.50 Å². The van der Waals surface area contributed by atoms with Crippen molar-refractivity contribution >= 4 is 27.5 Å². The van der Waals surface area contributed by atoms with Gasteiger partial charge in [-0.1, -0.05) is 12.1 Å². The minimum Gasteiger partial charge on any atom is -0.508 e. The van der Waals surface area contributed by atoms with Crippen molar-refractivity contribution < 1.29 is 23.0 Å². The van der Waals surface area contributed by atoms with Gasteiger partial charge in [-0.2, -0.15) is 9.97 Å². The number of aromatic nitrogens is 2. The van der Waals surface area contributed by atoms with Crippen LogP contribution in [-0.4, -0.2) is 71.4 Å². The molecule has 5 aliphatic rings. The predicted octanol–water partition coefficient (Wildman–Crippen LogP) is 6.16. The van der Waals surface area contributed by atoms with Crippen LogP contribution in [0.1, 0.15) is 44.9 Å². The van der Waals surface area contributed by atoms with Crippen molar-refractivity contribution in [3.63, 3.8) is 0 Å². The summed E-state index contributed by atoms with van der Waals surface area (Å²) in [5.41, 5.74) is 0.772. The Kier molecular flexibility index (Phi) is 6.11. The summed E-state index contributed by atoms with van der Waals surface area (Å²) < 4.78 is 52.5. The van der Waals surface area contributed by atoms with E-state index in [2.05, 4.69) is 20.1 Å². The van der Waals surface area contributed by atoms with E-state index in [0.29, 0.717) is 35.3 Å². The molecule has 3 aliphatic heterocycles. The van der Waals surface area contributed by atoms with E-state index >= 15 is 8.78 Å². The molecule has 1 spiro atoms. The first-order chi connectivity index (χ1) is 21.8. The summed E-state index contributed by atoms with van der Waals surface area (Å²) in [7, 11) is 0. The second-order valence-electron chi connectivity index (χ2n) is 14.4. The van der Waals surface area contributed by atoms with E-state index < -0.39 is 17.5 Å². The van der Waals surface area contributed by atoms with Gasteiger partial charge in [-0.25, -0.2) is 13.2 Å². The smallest absolute Gasteiger partial charge is 0.319 e. The molecule has 2 N–H and O–H groups in total. The van der Waals surface area contributed by atoms with E-state index in [-0.39, 0.29) is 44.6 Å². The van der Waals surface area contributed by atoms with Crippen LogP contribution >= 0.6 is 0 Å². The number of nitrogens with zero attached hydrogens (tertiary/aromatic N) is 4. The lowest BCUT2D eigenvalue weighted by atomic mass is 9.95. The van der Waals surface area contributed by atoms with Crippen molar-refractivity contribution in [1.82, 2.24) is 20.2 Å². The number of hydrogen-bond acceptors (Lipinski definition) is 7. The number of anilines is 1. The Morgan fingerprint density at radius 3 is 2.44 bits per heavy atom. The van der Waals surface area contributed by atoms with Crippen molar-refractivity contribution in [3.8, 4) is 22.9 Å². The fourth-order valence-corrected chi connectivity index (χ4v) is 8.17. The standard InChI is InChI=1S/C35H36F3N5O2/c36-27-6-1-20-13-23(44)14-26(28(20)30(27)38)24-4-5-25-31(29(24)37)40-33(41-32(25)43-15-21-2-3-22(16-43)39-21)45-19-35(9-10-35)18-42-12-11-34(17-42)7-8-34/h1,4-6,13-14,21-22,39,44H,2-3,7-12,15-19H2. The number of likely N-dealkylation sites (tertiary alicyclic amines) is 1. The van der Waals surface area contributed by atoms with Crippen LogP contribution in [0.25, 0.3) is 32.8 Å². The highest BCUT2D eigenvalue weighted by Gasteiger charge is 2.51. The summed E-state index contributed by atoms with van der Waals surface area (Å²) >= 11 is 0. The zero-order valence-corrected chi connectivity index (χ0v) is 25.1. The number of ether oxygens (including phenoxy) is 1. The second kappa shape index (κ2) is 9.93. The van der Waals surface area contributed by atoms with E-state index in [0.717, 1.165) is 57.9 Å². The maximum absolute atomic E-state index is 16.7. The van der Waals surface area contributed by atoms with Crippen LogP contribution in [-0.2, 0) is 0 Å². The molecule has 0 amide bonds. The Balaban J connectivity index is 1.11. The Morgan fingerprint density at radius 1 is 0.911 bits per heavy atom. The van der Waals surface area contributed by atoms with Crippen molar-refractivity contribution in [3.05, 3.63) is 53.8 Å². The molecule has 0 radical (unpaired) electrons. The molecule has 9 rings (SSSR count). The average molecular weight is 616 g/mol. The molecular formula is C35H36F3N5O2. The zero-order valence-electron chi connectivity index (χ0n) is 25.1. The van der Waals surface area contributed by atoms with E-state index in [1.807, 2.05) is 0 Å². The molecule has 5 fully saturated rings. The van der Waals surface area contributed by atoms with E-state index in [1.54, 1.807) is 12.1 Å². The third-order valence-corrected chi connectivity index (χ3v) is 11.1. The maximum Gasteiger partial charge on any atom is 0.319 e. The lowest BCUT2D eigenvalue weighted by molar-refractivity contribution is 0.167. The fourth-order valence-electron chi connectivity index (χ4n) is 8.17. The molecule has 2 bridgehead atoms. The number of phenolic OH excluding ortho intramolecular Hbond substituents is 1. The summed E-state index contributed by atoms with van der Waals surface area (Å²) in [6.45, 7) is 5.28. The molecular weight excluding hydrogens is 579 g/mol. The first kappa shape index (κ1) is 27.7. The van der Waals surface area contributed by atoms with Crippen molar-refractivity contribution in [2.45, 2.75) is 57.0 Å². The predicted molar refractivity (Wildman–Crippen MR) is 166 cm³/mol. The molecule has 4 aromatic rings. The summed E-state index contributed by atoms with van der Waals surface area (Å²) in [5, 5.41) is 14.8. The van der Waals surface area contributed by atoms with Gasteiger partial charge in [-0.05, 0) is 92.1 Å². The summed E-state index contributed by atoms with van der Waals surface area (Å²) in [5.74, 6) is -2.38. The number of halogens is 3. The highest BCUT2D eigenvalue weighted by atomic mass is 19.2. The first-order valence-electron chi connectivity index (χ1n) is 16.2. The van der Waals surface area contributed by atoms with Gasteiger partial charge in [0.2, 0.25) is 0 Å². The Labute approximate surface area is 259 Å². The Bertz CT molecular complexity index is 1850. The highest BCUT2D eigenvalue weighted by Crippen LogP contribution is 2.55. The minimum absolute atomic E-state index is 0.0191. The lowest BCUT2D eigenvalue weighted by Gasteiger charge is -2.34. The summed E-state index contributed by atoms with van der Waals surface area (Å²) in [6, 6.07) is 9.07. The topological polar surface area (TPSA) is 73.8 Å². The number of phenols is 1. The number of benzene rings is 3. The van der Waals surface area contributed by atoms with Gasteiger partial charge in [0.25, 0.3) is 0 Å². The number of hydrogen-bond donors (Lipinski definition) is 2. The van der Waals surface area contributed by atoms with Crippen LogP contribution in [0, 0.1) is 28.3 Å². The minimum atomic E-state index is -1.09. The van der Waals surface area contributed by atoms with E-state index in [1.165, 1.54) is 44.0 Å². The lowest BCUT2D eigenvalue weighted by Crippen LogP contribution is -2.51. The molecule has 2 atom stereocenters. The van der Waals surface area contributed by atoms with Gasteiger partial charge < -0.3 is 25.0 Å². The number of rotatable bonds is 7. The SMILES string of the molecule is Oc1cc(-c2ccc3c(N4CC5CCC(C4)N5)nc(OCC4(CN5CCC6(CC6)C5)CC4)nc3c2F)c2c(F)c(F)ccc2c1. The van der Waals surface area contributed by atoms with Crippen LogP contribution in [0.15, 0.2) is 36.4 Å². The van der Waals surface area contributed by atoms with Crippen molar-refractivity contribution in [1.29, 1.82) is 0 Å². The monoisotopic (exact) mass is 615 g/mol. The molecule has 2 aliphatic carbocycles. The van der Waals surface area contributed by atoms with Gasteiger partial charge >= 0.3 is 6.01 Å². The molecule has 3 aromatic carbocycles. The third-order valence-electron chi connectivity index (χ3n) is 11.1. The second-order valence-corrected chi connectivity index (χ2v) is 14.4. The normalized spacial score (nSPS) is 24.6. The molecule has 10 heteroatoms. The molecule has 4 heterocycles. The number of piperazine rings is 1. The molecule has 2 saturated carbocycles. The van der Waals surface area contributed by atoms with Crippen LogP contribution < -0.4 is 15.0 Å². The number of fused-ring (bicyclic) bond motifs is 4. The molecule has 45 heavy (non-hydrogen) atoms. The van der Waals surface area contributed by atoms with Crippen molar-refractivity contribution in [2.24, 2.45) is 10.8 Å². The average Bonchev–Trinajstić information content (AvgIpc) is 3.91. The van der Waals surface area contributed by atoms with Crippen molar-refractivity contribution in [2.75, 3.05) is 44.2 Å². The van der Waals surface area contributed by atoms with E-state index in [4.69, 9.17) is 9.72 Å². The highest BCUT2D eigenvalue weighted by molar-refractivity contribution is 6.01. The van der Waals surface area contributed by atoms with Gasteiger partial charge in [0.05, 0.1) is 6.61 Å². The molecule has 7 nitrogen and oxygen atoms in total. The fraction of sp³-hybridized carbons (Fsp3) is 0.486. The van der Waals surface area contributed by atoms with Gasteiger partial charge in [-0.3, -0.25) is 0 Å². The molecule has 1 aromatic heterocycles. The summed E-state index contributed by atoms with van der Waals surface area (Å²) in [4.78, 5) is 14.3. The maximum atomic E-state index is 16.7. The molecule has 3 saturated heterocycles. The Morgan fingerprint density at radius 2 is 1.71 bits per heavy atom. The van der Waals surface area contributed by atoms with Crippen LogP contribution in [0.5, 0.6) is 11.8 Å². The van der Waals surface area contributed by atoms with Gasteiger partial charge in [0, 0.05) is 60.0 Å². The van der Waals surface area contributed by atoms with Gasteiger partial charge in [-0.15, -0.1) is 0 Å². The molecule has 234 valence electrons. The quantitative estimate of drug-likeness (QED) is 0.258. The van der Waals surface area contributed by atoms with Crippen LogP contribution in [0.3, 0.4) is 0 Å². The largest absolute Gasteiger partial charge is 0.508 e. The van der Waals surface area contributed by atoms with Crippen LogP contribution in [0.4, 0.5) is 19.0 Å². The molecule has 2 unspecified atom stereocenters. The van der Waals surface area contributed by atoms with Crippen LogP contribution in [0.2, 0.25) is 0 Å². The third kappa shape index (κ3) is 4.79. The zero-order chi connectivity index (χ0) is 30.5. The Hall–Kier alpha value is -3.63.